The van der Waals surface area contributed by atoms with E-state index in [2.05, 4.69) is 36.9 Å². The Morgan fingerprint density at radius 1 is 1.08 bits per heavy atom. The fraction of sp³-hybridized carbons (Fsp3) is 0.350. The van der Waals surface area contributed by atoms with Crippen molar-refractivity contribution in [2.45, 2.75) is 20.3 Å². The van der Waals surface area contributed by atoms with E-state index in [0.29, 0.717) is 10.6 Å². The number of nitrogens with zero attached hydrogens (tertiary/aromatic N) is 2. The van der Waals surface area contributed by atoms with E-state index in [4.69, 9.17) is 11.6 Å². The molecule has 1 amide bonds. The van der Waals surface area contributed by atoms with E-state index in [9.17, 15) is 4.79 Å². The average molecular weight is 343 g/mol. The third-order valence-corrected chi connectivity index (χ3v) is 4.89. The van der Waals surface area contributed by atoms with Gasteiger partial charge in [0.2, 0.25) is 0 Å². The van der Waals surface area contributed by atoms with Crippen molar-refractivity contribution in [2.75, 3.05) is 31.1 Å². The van der Waals surface area contributed by atoms with Gasteiger partial charge in [-0.25, -0.2) is 0 Å². The Morgan fingerprint density at radius 2 is 1.79 bits per heavy atom. The summed E-state index contributed by atoms with van der Waals surface area (Å²) in [5.74, 6) is 0.0673. The molecule has 0 aliphatic carbocycles. The van der Waals surface area contributed by atoms with Crippen molar-refractivity contribution >= 4 is 23.2 Å². The highest BCUT2D eigenvalue weighted by Crippen LogP contribution is 2.27. The zero-order chi connectivity index (χ0) is 17.1. The molecule has 0 unspecified atom stereocenters. The van der Waals surface area contributed by atoms with E-state index in [-0.39, 0.29) is 5.91 Å². The number of aryl methyl sites for hydroxylation is 2. The molecule has 3 nitrogen and oxygen atoms in total. The van der Waals surface area contributed by atoms with Crippen LogP contribution in [0.15, 0.2) is 42.5 Å². The Kier molecular flexibility index (Phi) is 5.10. The molecule has 126 valence electrons. The molecule has 3 rings (SSSR count). The lowest BCUT2D eigenvalue weighted by Gasteiger charge is -2.37. The molecule has 1 heterocycles. The maximum absolute atomic E-state index is 12.6. The average Bonchev–Trinajstić information content (AvgIpc) is 2.61. The Hall–Kier alpha value is -2.00. The number of amides is 1. The molecule has 24 heavy (non-hydrogen) atoms. The van der Waals surface area contributed by atoms with E-state index in [1.54, 1.807) is 12.1 Å². The molecule has 0 radical (unpaired) electrons. The summed E-state index contributed by atoms with van der Waals surface area (Å²) in [4.78, 5) is 17.0. The molecule has 0 saturated carbocycles. The number of hydrogen-bond donors (Lipinski definition) is 0. The maximum Gasteiger partial charge on any atom is 0.254 e. The second-order valence-electron chi connectivity index (χ2n) is 6.23. The number of rotatable bonds is 3. The number of halogens is 1. The molecule has 0 bridgehead atoms. The monoisotopic (exact) mass is 342 g/mol. The summed E-state index contributed by atoms with van der Waals surface area (Å²) in [6.45, 7) is 7.56. The number of anilines is 1. The van der Waals surface area contributed by atoms with Crippen LogP contribution in [0.2, 0.25) is 5.02 Å². The highest BCUT2D eigenvalue weighted by atomic mass is 35.5. The molecule has 2 aromatic rings. The standard InChI is InChI=1S/C20H23ClN2O/c1-3-16-7-4-6-15(2)19(16)22-10-12-23(13-11-22)20(24)17-8-5-9-18(21)14-17/h4-9,14H,3,10-13H2,1-2H3. The minimum atomic E-state index is 0.0673. The molecule has 0 atom stereocenters. The molecule has 0 spiro atoms. The van der Waals surface area contributed by atoms with Crippen LogP contribution in [0.5, 0.6) is 0 Å². The van der Waals surface area contributed by atoms with E-state index in [1.807, 2.05) is 17.0 Å². The number of para-hydroxylation sites is 1. The van der Waals surface area contributed by atoms with Crippen molar-refractivity contribution in [3.05, 3.63) is 64.2 Å². The van der Waals surface area contributed by atoms with Crippen LogP contribution in [0.25, 0.3) is 0 Å². The summed E-state index contributed by atoms with van der Waals surface area (Å²) >= 11 is 6.00. The van der Waals surface area contributed by atoms with Crippen molar-refractivity contribution in [2.24, 2.45) is 0 Å². The molecule has 1 fully saturated rings. The first kappa shape index (κ1) is 16.8. The van der Waals surface area contributed by atoms with E-state index >= 15 is 0 Å². The van der Waals surface area contributed by atoms with Crippen LogP contribution < -0.4 is 4.90 Å². The van der Waals surface area contributed by atoms with Gasteiger partial charge in [-0.2, -0.15) is 0 Å². The Morgan fingerprint density at radius 3 is 2.46 bits per heavy atom. The summed E-state index contributed by atoms with van der Waals surface area (Å²) in [5, 5.41) is 0.604. The fourth-order valence-electron chi connectivity index (χ4n) is 3.39. The molecule has 1 saturated heterocycles. The number of carbonyl (C=O) groups is 1. The fourth-order valence-corrected chi connectivity index (χ4v) is 3.59. The van der Waals surface area contributed by atoms with Gasteiger partial charge in [0.1, 0.15) is 0 Å². The minimum Gasteiger partial charge on any atom is -0.368 e. The molecule has 0 aromatic heterocycles. The van der Waals surface area contributed by atoms with Crippen LogP contribution in [0, 0.1) is 6.92 Å². The number of hydrogen-bond acceptors (Lipinski definition) is 2. The molecule has 4 heteroatoms. The SMILES string of the molecule is CCc1cccc(C)c1N1CCN(C(=O)c2cccc(Cl)c2)CC1. The topological polar surface area (TPSA) is 23.6 Å². The molecule has 2 aromatic carbocycles. The lowest BCUT2D eigenvalue weighted by Crippen LogP contribution is -2.49. The van der Waals surface area contributed by atoms with Gasteiger partial charge in [0.05, 0.1) is 0 Å². The first-order valence-corrected chi connectivity index (χ1v) is 8.86. The summed E-state index contributed by atoms with van der Waals surface area (Å²) < 4.78 is 0. The van der Waals surface area contributed by atoms with Crippen molar-refractivity contribution < 1.29 is 4.79 Å². The third kappa shape index (κ3) is 3.41. The van der Waals surface area contributed by atoms with Gasteiger partial charge in [0, 0.05) is 42.5 Å². The smallest absolute Gasteiger partial charge is 0.254 e. The van der Waals surface area contributed by atoms with Crippen LogP contribution in [0.3, 0.4) is 0 Å². The van der Waals surface area contributed by atoms with E-state index in [0.717, 1.165) is 32.6 Å². The van der Waals surface area contributed by atoms with Crippen LogP contribution >= 0.6 is 11.6 Å². The zero-order valence-corrected chi connectivity index (χ0v) is 15.0. The third-order valence-electron chi connectivity index (χ3n) is 4.66. The summed E-state index contributed by atoms with van der Waals surface area (Å²) in [7, 11) is 0. The van der Waals surface area contributed by atoms with Crippen molar-refractivity contribution in [1.82, 2.24) is 4.90 Å². The molecular weight excluding hydrogens is 320 g/mol. The predicted molar refractivity (Wildman–Crippen MR) is 100 cm³/mol. The normalized spacial score (nSPS) is 14.8. The lowest BCUT2D eigenvalue weighted by molar-refractivity contribution is 0.0746. The van der Waals surface area contributed by atoms with E-state index < -0.39 is 0 Å². The van der Waals surface area contributed by atoms with Crippen LogP contribution in [0.4, 0.5) is 5.69 Å². The van der Waals surface area contributed by atoms with Gasteiger partial charge in [0.25, 0.3) is 5.91 Å². The summed E-state index contributed by atoms with van der Waals surface area (Å²) in [6, 6.07) is 13.7. The summed E-state index contributed by atoms with van der Waals surface area (Å²) in [5.41, 5.74) is 4.70. The summed E-state index contributed by atoms with van der Waals surface area (Å²) in [6.07, 6.45) is 1.03. The molecular formula is C20H23ClN2O. The molecule has 1 aliphatic rings. The quantitative estimate of drug-likeness (QED) is 0.835. The number of benzene rings is 2. The van der Waals surface area contributed by atoms with Gasteiger partial charge in [-0.05, 0) is 42.7 Å². The van der Waals surface area contributed by atoms with Crippen LogP contribution in [0.1, 0.15) is 28.4 Å². The highest BCUT2D eigenvalue weighted by molar-refractivity contribution is 6.30. The largest absolute Gasteiger partial charge is 0.368 e. The minimum absolute atomic E-state index is 0.0673. The Bertz CT molecular complexity index is 736. The van der Waals surface area contributed by atoms with Gasteiger partial charge < -0.3 is 9.80 Å². The Labute approximate surface area is 148 Å². The highest BCUT2D eigenvalue weighted by Gasteiger charge is 2.24. The number of carbonyl (C=O) groups excluding carboxylic acids is 1. The second kappa shape index (κ2) is 7.27. The van der Waals surface area contributed by atoms with Crippen molar-refractivity contribution in [3.8, 4) is 0 Å². The van der Waals surface area contributed by atoms with Gasteiger partial charge in [0.15, 0.2) is 0 Å². The van der Waals surface area contributed by atoms with Gasteiger partial charge in [-0.3, -0.25) is 4.79 Å². The first-order chi connectivity index (χ1) is 11.6. The van der Waals surface area contributed by atoms with E-state index in [1.165, 1.54) is 16.8 Å². The first-order valence-electron chi connectivity index (χ1n) is 8.48. The van der Waals surface area contributed by atoms with Crippen LogP contribution in [-0.4, -0.2) is 37.0 Å². The number of piperazine rings is 1. The molecule has 1 aliphatic heterocycles. The van der Waals surface area contributed by atoms with Gasteiger partial charge >= 0.3 is 0 Å². The van der Waals surface area contributed by atoms with Crippen molar-refractivity contribution in [1.29, 1.82) is 0 Å². The van der Waals surface area contributed by atoms with Gasteiger partial charge in [-0.1, -0.05) is 42.8 Å². The van der Waals surface area contributed by atoms with Crippen LogP contribution in [-0.2, 0) is 6.42 Å². The van der Waals surface area contributed by atoms with Crippen molar-refractivity contribution in [3.63, 3.8) is 0 Å². The van der Waals surface area contributed by atoms with Gasteiger partial charge in [-0.15, -0.1) is 0 Å². The maximum atomic E-state index is 12.6. The Balaban J connectivity index is 1.71. The zero-order valence-electron chi connectivity index (χ0n) is 14.3. The lowest BCUT2D eigenvalue weighted by atomic mass is 10.0. The second-order valence-corrected chi connectivity index (χ2v) is 6.66. The predicted octanol–water partition coefficient (Wildman–Crippen LogP) is 4.17. The molecule has 0 N–H and O–H groups in total.